The minimum Gasteiger partial charge on any atom is -0.339 e. The molecule has 0 N–H and O–H groups in total. The van der Waals surface area contributed by atoms with Gasteiger partial charge < -0.3 is 9.80 Å². The van der Waals surface area contributed by atoms with Crippen LogP contribution in [0.15, 0.2) is 18.3 Å². The van der Waals surface area contributed by atoms with Crippen LogP contribution in [0.25, 0.3) is 0 Å². The van der Waals surface area contributed by atoms with Crippen LogP contribution < -0.4 is 0 Å². The van der Waals surface area contributed by atoms with Crippen molar-refractivity contribution in [3.63, 3.8) is 0 Å². The number of sulfone groups is 1. The quantitative estimate of drug-likeness (QED) is 0.782. The molecule has 1 saturated heterocycles. The summed E-state index contributed by atoms with van der Waals surface area (Å²) in [6.07, 6.45) is 1.87. The Balaban J connectivity index is 2.19. The van der Waals surface area contributed by atoms with E-state index in [1.165, 1.54) is 17.2 Å². The van der Waals surface area contributed by atoms with E-state index in [0.717, 1.165) is 0 Å². The van der Waals surface area contributed by atoms with Gasteiger partial charge in [0.25, 0.3) is 11.8 Å². The molecule has 2 amide bonds. The van der Waals surface area contributed by atoms with Crippen LogP contribution in [0.3, 0.4) is 0 Å². The summed E-state index contributed by atoms with van der Waals surface area (Å²) in [6.45, 7) is 4.95. The highest BCUT2D eigenvalue weighted by molar-refractivity contribution is 7.91. The van der Waals surface area contributed by atoms with Gasteiger partial charge in [0.2, 0.25) is 0 Å². The van der Waals surface area contributed by atoms with Crippen LogP contribution in [0.1, 0.15) is 41.1 Å². The van der Waals surface area contributed by atoms with Gasteiger partial charge >= 0.3 is 0 Å². The zero-order valence-corrected chi connectivity index (χ0v) is 15.0. The zero-order valence-electron chi connectivity index (χ0n) is 14.2. The number of hydrogen-bond donors (Lipinski definition) is 0. The molecule has 1 aliphatic rings. The van der Waals surface area contributed by atoms with Crippen LogP contribution in [0.4, 0.5) is 0 Å². The van der Waals surface area contributed by atoms with Gasteiger partial charge in [-0.2, -0.15) is 0 Å². The zero-order chi connectivity index (χ0) is 17.9. The van der Waals surface area contributed by atoms with E-state index in [0.29, 0.717) is 25.1 Å². The fourth-order valence-electron chi connectivity index (χ4n) is 2.80. The molecule has 1 aromatic heterocycles. The van der Waals surface area contributed by atoms with Crippen LogP contribution in [0.2, 0.25) is 0 Å². The van der Waals surface area contributed by atoms with Crippen molar-refractivity contribution >= 4 is 21.7 Å². The van der Waals surface area contributed by atoms with Crippen LogP contribution in [-0.4, -0.2) is 72.7 Å². The van der Waals surface area contributed by atoms with Crippen molar-refractivity contribution in [1.82, 2.24) is 14.8 Å². The van der Waals surface area contributed by atoms with Gasteiger partial charge in [-0.25, -0.2) is 8.42 Å². The molecular weight excluding hydrogens is 330 g/mol. The number of rotatable bonds is 5. The SMILES string of the molecule is CCN(CC)C(=O)c1ccnc(C(=O)N(C)C2CCS(=O)(=O)C2)c1. The third-order valence-corrected chi connectivity index (χ3v) is 6.10. The van der Waals surface area contributed by atoms with Crippen LogP contribution in [0.5, 0.6) is 0 Å². The van der Waals surface area contributed by atoms with E-state index in [-0.39, 0.29) is 35.1 Å². The molecule has 1 aliphatic heterocycles. The predicted molar refractivity (Wildman–Crippen MR) is 90.6 cm³/mol. The van der Waals surface area contributed by atoms with Gasteiger partial charge in [0.05, 0.1) is 11.5 Å². The first-order valence-electron chi connectivity index (χ1n) is 8.02. The molecule has 1 unspecified atom stereocenters. The molecule has 1 fully saturated rings. The lowest BCUT2D eigenvalue weighted by Gasteiger charge is -2.23. The van der Waals surface area contributed by atoms with E-state index < -0.39 is 9.84 Å². The molecule has 0 aliphatic carbocycles. The fourth-order valence-corrected chi connectivity index (χ4v) is 4.58. The Morgan fingerprint density at radius 2 is 1.92 bits per heavy atom. The summed E-state index contributed by atoms with van der Waals surface area (Å²) in [6, 6.07) is 2.71. The summed E-state index contributed by atoms with van der Waals surface area (Å²) >= 11 is 0. The third-order valence-electron chi connectivity index (χ3n) is 4.35. The minimum absolute atomic E-state index is 0.0205. The third kappa shape index (κ3) is 3.92. The van der Waals surface area contributed by atoms with Gasteiger partial charge in [-0.15, -0.1) is 0 Å². The number of hydrogen-bond acceptors (Lipinski definition) is 5. The number of carbonyl (C=O) groups is 2. The molecule has 0 spiro atoms. The largest absolute Gasteiger partial charge is 0.339 e. The summed E-state index contributed by atoms with van der Waals surface area (Å²) in [5, 5.41) is 0. The number of amides is 2. The first kappa shape index (κ1) is 18.4. The van der Waals surface area contributed by atoms with E-state index in [9.17, 15) is 18.0 Å². The molecule has 2 heterocycles. The van der Waals surface area contributed by atoms with Crippen molar-refractivity contribution in [1.29, 1.82) is 0 Å². The second-order valence-electron chi connectivity index (χ2n) is 5.88. The lowest BCUT2D eigenvalue weighted by Crippen LogP contribution is -2.38. The number of aromatic nitrogens is 1. The summed E-state index contributed by atoms with van der Waals surface area (Å²) in [4.78, 5) is 32.1. The van der Waals surface area contributed by atoms with Gasteiger partial charge in [0, 0.05) is 37.9 Å². The Bertz CT molecular complexity index is 729. The molecule has 0 radical (unpaired) electrons. The topological polar surface area (TPSA) is 87.7 Å². The van der Waals surface area contributed by atoms with Crippen molar-refractivity contribution in [3.8, 4) is 0 Å². The van der Waals surface area contributed by atoms with E-state index in [2.05, 4.69) is 4.98 Å². The van der Waals surface area contributed by atoms with Crippen molar-refractivity contribution < 1.29 is 18.0 Å². The van der Waals surface area contributed by atoms with Crippen molar-refractivity contribution in [2.45, 2.75) is 26.3 Å². The fraction of sp³-hybridized carbons (Fsp3) is 0.562. The Hall–Kier alpha value is -1.96. The number of pyridine rings is 1. The normalized spacial score (nSPS) is 19.0. The summed E-state index contributed by atoms with van der Waals surface area (Å²) in [7, 11) is -1.49. The maximum Gasteiger partial charge on any atom is 0.272 e. The van der Waals surface area contributed by atoms with Crippen LogP contribution in [0, 0.1) is 0 Å². The van der Waals surface area contributed by atoms with Crippen LogP contribution in [-0.2, 0) is 9.84 Å². The van der Waals surface area contributed by atoms with E-state index in [4.69, 9.17) is 0 Å². The molecular formula is C16H23N3O4S. The van der Waals surface area contributed by atoms with Gasteiger partial charge in [0.1, 0.15) is 5.69 Å². The molecule has 7 nitrogen and oxygen atoms in total. The number of carbonyl (C=O) groups excluding carboxylic acids is 2. The number of nitrogens with zero attached hydrogens (tertiary/aromatic N) is 3. The average molecular weight is 353 g/mol. The van der Waals surface area contributed by atoms with Crippen molar-refractivity contribution in [2.24, 2.45) is 0 Å². The van der Waals surface area contributed by atoms with Gasteiger partial charge in [-0.1, -0.05) is 0 Å². The molecule has 0 bridgehead atoms. The summed E-state index contributed by atoms with van der Waals surface area (Å²) in [5.41, 5.74) is 0.560. The molecule has 0 saturated carbocycles. The van der Waals surface area contributed by atoms with Crippen LogP contribution >= 0.6 is 0 Å². The highest BCUT2D eigenvalue weighted by Crippen LogP contribution is 2.18. The van der Waals surface area contributed by atoms with Gasteiger partial charge in [-0.05, 0) is 32.4 Å². The lowest BCUT2D eigenvalue weighted by molar-refractivity contribution is 0.0741. The Morgan fingerprint density at radius 3 is 2.46 bits per heavy atom. The minimum atomic E-state index is -3.07. The first-order chi connectivity index (χ1) is 11.3. The lowest BCUT2D eigenvalue weighted by atomic mass is 10.1. The molecule has 8 heteroatoms. The molecule has 2 rings (SSSR count). The molecule has 24 heavy (non-hydrogen) atoms. The Labute approximate surface area is 142 Å². The molecule has 0 aromatic carbocycles. The summed E-state index contributed by atoms with van der Waals surface area (Å²) in [5.74, 6) is -0.440. The molecule has 1 atom stereocenters. The standard InChI is InChI=1S/C16H23N3O4S/c1-4-19(5-2)15(20)12-6-8-17-14(10-12)16(21)18(3)13-7-9-24(22,23)11-13/h6,8,10,13H,4-5,7,9,11H2,1-3H3. The Morgan fingerprint density at radius 1 is 1.25 bits per heavy atom. The molecule has 1 aromatic rings. The predicted octanol–water partition coefficient (Wildman–Crippen LogP) is 0.823. The maximum absolute atomic E-state index is 12.6. The van der Waals surface area contributed by atoms with Crippen molar-refractivity contribution in [3.05, 3.63) is 29.6 Å². The maximum atomic E-state index is 12.6. The van der Waals surface area contributed by atoms with E-state index >= 15 is 0 Å². The van der Waals surface area contributed by atoms with Gasteiger partial charge in [-0.3, -0.25) is 14.6 Å². The van der Waals surface area contributed by atoms with E-state index in [1.54, 1.807) is 18.0 Å². The molecule has 132 valence electrons. The highest BCUT2D eigenvalue weighted by atomic mass is 32.2. The van der Waals surface area contributed by atoms with Crippen molar-refractivity contribution in [2.75, 3.05) is 31.6 Å². The second-order valence-corrected chi connectivity index (χ2v) is 8.11. The second kappa shape index (κ2) is 7.29. The smallest absolute Gasteiger partial charge is 0.272 e. The monoisotopic (exact) mass is 353 g/mol. The Kier molecular flexibility index (Phi) is 5.58. The van der Waals surface area contributed by atoms with E-state index in [1.807, 2.05) is 13.8 Å². The average Bonchev–Trinajstić information content (AvgIpc) is 2.94. The first-order valence-corrected chi connectivity index (χ1v) is 9.84. The highest BCUT2D eigenvalue weighted by Gasteiger charge is 2.33. The summed E-state index contributed by atoms with van der Waals surface area (Å²) < 4.78 is 23.2. The van der Waals surface area contributed by atoms with Gasteiger partial charge in [0.15, 0.2) is 9.84 Å².